The number of carbonyl (C=O) groups excluding carboxylic acids is 2. The molecule has 0 aromatic heterocycles. The van der Waals surface area contributed by atoms with Crippen molar-refractivity contribution in [3.8, 4) is 0 Å². The number of nitrogens with one attached hydrogen (secondary N) is 2. The topological polar surface area (TPSA) is 58.2 Å². The predicted octanol–water partition coefficient (Wildman–Crippen LogP) is 4.19. The molecule has 0 aliphatic heterocycles. The van der Waals surface area contributed by atoms with E-state index in [2.05, 4.69) is 10.6 Å². The lowest BCUT2D eigenvalue weighted by molar-refractivity contribution is 0.101. The highest BCUT2D eigenvalue weighted by atomic mass is 16.2. The molecule has 0 heterocycles. The quantitative estimate of drug-likeness (QED) is 0.758. The molecule has 3 rings (SSSR count). The van der Waals surface area contributed by atoms with Crippen molar-refractivity contribution in [2.75, 3.05) is 10.6 Å². The molecule has 0 fully saturated rings. The van der Waals surface area contributed by atoms with Crippen LogP contribution in [0.5, 0.6) is 0 Å². The third-order valence-electron chi connectivity index (χ3n) is 3.45. The van der Waals surface area contributed by atoms with Gasteiger partial charge < -0.3 is 10.6 Å². The van der Waals surface area contributed by atoms with Gasteiger partial charge in [-0.05, 0) is 42.5 Å². The highest BCUT2D eigenvalue weighted by Crippen LogP contribution is 2.14. The summed E-state index contributed by atoms with van der Waals surface area (Å²) in [7, 11) is 0. The average Bonchev–Trinajstić information content (AvgIpc) is 2.63. The van der Waals surface area contributed by atoms with Crippen molar-refractivity contribution < 1.29 is 9.59 Å². The summed E-state index contributed by atoms with van der Waals surface area (Å²) < 4.78 is 0. The van der Waals surface area contributed by atoms with Gasteiger partial charge in [0, 0.05) is 22.5 Å². The molecule has 118 valence electrons. The molecule has 4 nitrogen and oxygen atoms in total. The lowest BCUT2D eigenvalue weighted by atomic mass is 10.1. The number of hydrogen-bond acceptors (Lipinski definition) is 2. The van der Waals surface area contributed by atoms with Gasteiger partial charge >= 0.3 is 0 Å². The Labute approximate surface area is 140 Å². The van der Waals surface area contributed by atoms with E-state index in [0.717, 1.165) is 5.69 Å². The van der Waals surface area contributed by atoms with Gasteiger partial charge in [0.2, 0.25) is 0 Å². The highest BCUT2D eigenvalue weighted by molar-refractivity contribution is 6.07. The van der Waals surface area contributed by atoms with E-state index in [4.69, 9.17) is 0 Å². The summed E-state index contributed by atoms with van der Waals surface area (Å²) in [4.78, 5) is 24.5. The number of benzene rings is 3. The van der Waals surface area contributed by atoms with E-state index in [1.54, 1.807) is 48.5 Å². The second kappa shape index (κ2) is 7.24. The van der Waals surface area contributed by atoms with Crippen LogP contribution in [0, 0.1) is 0 Å². The Morgan fingerprint density at radius 3 is 1.75 bits per heavy atom. The number of hydrogen-bond donors (Lipinski definition) is 2. The molecule has 0 unspecified atom stereocenters. The van der Waals surface area contributed by atoms with Crippen molar-refractivity contribution in [3.63, 3.8) is 0 Å². The van der Waals surface area contributed by atoms with Gasteiger partial charge in [0.15, 0.2) is 0 Å². The molecule has 0 aliphatic carbocycles. The van der Waals surface area contributed by atoms with E-state index in [0.29, 0.717) is 16.8 Å². The van der Waals surface area contributed by atoms with Crippen LogP contribution in [0.3, 0.4) is 0 Å². The zero-order valence-electron chi connectivity index (χ0n) is 12.9. The number of anilines is 2. The van der Waals surface area contributed by atoms with Crippen molar-refractivity contribution >= 4 is 23.2 Å². The van der Waals surface area contributed by atoms with Crippen LogP contribution in [0.2, 0.25) is 0 Å². The van der Waals surface area contributed by atoms with Crippen LogP contribution >= 0.6 is 0 Å². The van der Waals surface area contributed by atoms with Crippen LogP contribution in [0.4, 0.5) is 11.4 Å². The summed E-state index contributed by atoms with van der Waals surface area (Å²) in [5, 5.41) is 5.62. The average molecular weight is 316 g/mol. The van der Waals surface area contributed by atoms with E-state index in [9.17, 15) is 9.59 Å². The molecule has 0 saturated heterocycles. The number of para-hydroxylation sites is 1. The molecule has 0 spiro atoms. The van der Waals surface area contributed by atoms with E-state index in [1.807, 2.05) is 36.4 Å². The third kappa shape index (κ3) is 3.87. The minimum atomic E-state index is -0.225. The molecule has 0 atom stereocenters. The number of amides is 2. The predicted molar refractivity (Wildman–Crippen MR) is 95.2 cm³/mol. The molecule has 0 saturated carbocycles. The van der Waals surface area contributed by atoms with Gasteiger partial charge in [-0.1, -0.05) is 42.5 Å². The third-order valence-corrected chi connectivity index (χ3v) is 3.45. The molecule has 2 amide bonds. The van der Waals surface area contributed by atoms with E-state index in [-0.39, 0.29) is 11.8 Å². The summed E-state index contributed by atoms with van der Waals surface area (Å²) in [6, 6.07) is 25.0. The zero-order chi connectivity index (χ0) is 16.8. The second-order valence-corrected chi connectivity index (χ2v) is 5.22. The zero-order valence-corrected chi connectivity index (χ0v) is 12.9. The summed E-state index contributed by atoms with van der Waals surface area (Å²) >= 11 is 0. The van der Waals surface area contributed by atoms with Crippen LogP contribution in [-0.2, 0) is 0 Å². The van der Waals surface area contributed by atoms with E-state index in [1.165, 1.54) is 0 Å². The minimum absolute atomic E-state index is 0.212. The molecule has 0 bridgehead atoms. The maximum Gasteiger partial charge on any atom is 0.255 e. The first kappa shape index (κ1) is 15.5. The Balaban J connectivity index is 1.72. The fourth-order valence-corrected chi connectivity index (χ4v) is 2.26. The molecule has 0 aliphatic rings. The largest absolute Gasteiger partial charge is 0.322 e. The monoisotopic (exact) mass is 316 g/mol. The molecule has 2 N–H and O–H groups in total. The lowest BCUT2D eigenvalue weighted by Gasteiger charge is -2.08. The first-order valence-corrected chi connectivity index (χ1v) is 7.55. The lowest BCUT2D eigenvalue weighted by Crippen LogP contribution is -2.14. The van der Waals surface area contributed by atoms with Gasteiger partial charge in [0.25, 0.3) is 11.8 Å². The van der Waals surface area contributed by atoms with Crippen LogP contribution in [0.15, 0.2) is 84.9 Å². The van der Waals surface area contributed by atoms with Crippen molar-refractivity contribution in [1.82, 2.24) is 0 Å². The molecule has 4 heteroatoms. The van der Waals surface area contributed by atoms with Crippen LogP contribution in [0.1, 0.15) is 20.7 Å². The Kier molecular flexibility index (Phi) is 4.68. The van der Waals surface area contributed by atoms with Crippen molar-refractivity contribution in [3.05, 3.63) is 96.1 Å². The fraction of sp³-hybridized carbons (Fsp3) is 0. The maximum atomic E-state index is 12.3. The highest BCUT2D eigenvalue weighted by Gasteiger charge is 2.09. The number of carbonyl (C=O) groups is 2. The standard InChI is InChI=1S/C20H16N2O2/c23-19(15-8-3-1-4-9-15)22-18-13-7-10-16(14-18)20(24)21-17-11-5-2-6-12-17/h1-14H,(H,21,24)(H,22,23). The molecular weight excluding hydrogens is 300 g/mol. The van der Waals surface area contributed by atoms with Crippen LogP contribution in [0.25, 0.3) is 0 Å². The molecule has 3 aromatic carbocycles. The summed E-state index contributed by atoms with van der Waals surface area (Å²) in [6.45, 7) is 0. The molecular formula is C20H16N2O2. The van der Waals surface area contributed by atoms with Crippen molar-refractivity contribution in [1.29, 1.82) is 0 Å². The normalized spacial score (nSPS) is 10.0. The first-order chi connectivity index (χ1) is 11.7. The Morgan fingerprint density at radius 1 is 0.542 bits per heavy atom. The Hall–Kier alpha value is -3.40. The summed E-state index contributed by atoms with van der Waals surface area (Å²) in [5.41, 5.74) is 2.34. The minimum Gasteiger partial charge on any atom is -0.322 e. The van der Waals surface area contributed by atoms with Crippen LogP contribution in [-0.4, -0.2) is 11.8 Å². The number of rotatable bonds is 4. The van der Waals surface area contributed by atoms with Gasteiger partial charge in [-0.2, -0.15) is 0 Å². The summed E-state index contributed by atoms with van der Waals surface area (Å²) in [6.07, 6.45) is 0. The van der Waals surface area contributed by atoms with E-state index >= 15 is 0 Å². The van der Waals surface area contributed by atoms with Gasteiger partial charge in [-0.15, -0.1) is 0 Å². The van der Waals surface area contributed by atoms with Gasteiger partial charge in [0.1, 0.15) is 0 Å². The Bertz CT molecular complexity index is 846. The van der Waals surface area contributed by atoms with Crippen molar-refractivity contribution in [2.24, 2.45) is 0 Å². The van der Waals surface area contributed by atoms with Crippen LogP contribution < -0.4 is 10.6 Å². The Morgan fingerprint density at radius 2 is 1.04 bits per heavy atom. The molecule has 3 aromatic rings. The molecule has 0 radical (unpaired) electrons. The second-order valence-electron chi connectivity index (χ2n) is 5.22. The van der Waals surface area contributed by atoms with Gasteiger partial charge in [-0.3, -0.25) is 9.59 Å². The smallest absolute Gasteiger partial charge is 0.255 e. The van der Waals surface area contributed by atoms with E-state index < -0.39 is 0 Å². The summed E-state index contributed by atoms with van der Waals surface area (Å²) in [5.74, 6) is -0.437. The SMILES string of the molecule is O=C(Nc1cccc(C(=O)Nc2ccccc2)c1)c1ccccc1. The van der Waals surface area contributed by atoms with Gasteiger partial charge in [0.05, 0.1) is 0 Å². The maximum absolute atomic E-state index is 12.3. The fourth-order valence-electron chi connectivity index (χ4n) is 2.26. The first-order valence-electron chi connectivity index (χ1n) is 7.55. The van der Waals surface area contributed by atoms with Gasteiger partial charge in [-0.25, -0.2) is 0 Å². The van der Waals surface area contributed by atoms with Crippen molar-refractivity contribution in [2.45, 2.75) is 0 Å². The molecule has 24 heavy (non-hydrogen) atoms.